The van der Waals surface area contributed by atoms with Gasteiger partial charge in [0.15, 0.2) is 10.8 Å². The predicted molar refractivity (Wildman–Crippen MR) is 268 cm³/mol. The van der Waals surface area contributed by atoms with Gasteiger partial charge < -0.3 is 52.1 Å². The third-order valence-electron chi connectivity index (χ3n) is 24.3. The van der Waals surface area contributed by atoms with E-state index in [-0.39, 0.29) is 185 Å². The number of hydrogen-bond acceptors (Lipinski definition) is 21. The second-order valence-corrected chi connectivity index (χ2v) is 28.6. The first-order chi connectivity index (χ1) is 38.2. The van der Waals surface area contributed by atoms with E-state index in [9.17, 15) is 38.4 Å². The lowest BCUT2D eigenvalue weighted by atomic mass is 9.66. The maximum absolute atomic E-state index is 11.7. The molecule has 0 radical (unpaired) electrons. The predicted octanol–water partition coefficient (Wildman–Crippen LogP) is 4.37. The molecule has 0 N–H and O–H groups in total. The molecule has 0 aromatic carbocycles. The molecule has 29 unspecified atom stereocenters. The minimum absolute atomic E-state index is 0.0106. The van der Waals surface area contributed by atoms with Gasteiger partial charge in [-0.05, 0) is 68.1 Å². The first-order valence-electron chi connectivity index (χ1n) is 29.4. The summed E-state index contributed by atoms with van der Waals surface area (Å²) in [4.78, 5) is 92.2. The summed E-state index contributed by atoms with van der Waals surface area (Å²) in [6.07, 6.45) is 5.89. The van der Waals surface area contributed by atoms with Crippen LogP contribution in [0.2, 0.25) is 0 Å². The lowest BCUT2D eigenvalue weighted by Crippen LogP contribution is -2.43. The van der Waals surface area contributed by atoms with Gasteiger partial charge in [0.2, 0.25) is 0 Å². The number of rotatable bonds is 2. The van der Waals surface area contributed by atoms with Gasteiger partial charge in [0.05, 0.1) is 74.3 Å². The van der Waals surface area contributed by atoms with Crippen molar-refractivity contribution in [3.8, 4) is 12.1 Å². The molecule has 18 aliphatic rings. The Kier molecular flexibility index (Phi) is 12.2. The maximum Gasteiger partial charge on any atom is 0.329 e. The summed E-state index contributed by atoms with van der Waals surface area (Å²) >= 11 is 0. The molecule has 18 rings (SSSR count). The molecular weight excluding hydrogens is 1050 g/mol. The van der Waals surface area contributed by atoms with E-state index in [0.29, 0.717) is 30.1 Å². The Morgan fingerprint density at radius 1 is 0.481 bits per heavy atom. The van der Waals surface area contributed by atoms with E-state index >= 15 is 0 Å². The van der Waals surface area contributed by atoms with Crippen LogP contribution >= 0.6 is 0 Å². The Morgan fingerprint density at radius 3 is 1.73 bits per heavy atom. The van der Waals surface area contributed by atoms with Crippen molar-refractivity contribution in [2.45, 2.75) is 181 Å². The van der Waals surface area contributed by atoms with Crippen molar-refractivity contribution in [3.05, 3.63) is 0 Å². The number of nitriles is 2. The number of ether oxygens (including phenoxy) is 11. The van der Waals surface area contributed by atoms with Crippen molar-refractivity contribution in [1.82, 2.24) is 0 Å². The number of nitrogens with zero attached hydrogens (tertiary/aromatic N) is 2. The molecule has 438 valence electrons. The summed E-state index contributed by atoms with van der Waals surface area (Å²) in [6.45, 7) is 18.9. The van der Waals surface area contributed by atoms with Crippen LogP contribution in [0.1, 0.15) is 107 Å². The highest BCUT2D eigenvalue weighted by Crippen LogP contribution is 2.66. The highest BCUT2D eigenvalue weighted by atomic mass is 16.6. The van der Waals surface area contributed by atoms with Crippen molar-refractivity contribution in [2.75, 3.05) is 14.2 Å². The molecular formula is C60H74N2O19. The molecule has 0 amide bonds. The van der Waals surface area contributed by atoms with Gasteiger partial charge in [-0.1, -0.05) is 62.3 Å². The van der Waals surface area contributed by atoms with Crippen LogP contribution in [-0.2, 0) is 90.5 Å². The van der Waals surface area contributed by atoms with Crippen molar-refractivity contribution in [1.29, 1.82) is 10.5 Å². The summed E-state index contributed by atoms with van der Waals surface area (Å²) < 4.78 is 58.3. The molecule has 29 atom stereocenters. The van der Waals surface area contributed by atoms with Gasteiger partial charge in [-0.3, -0.25) is 38.4 Å². The molecule has 81 heavy (non-hydrogen) atoms. The van der Waals surface area contributed by atoms with Gasteiger partial charge in [-0.25, -0.2) is 0 Å². The van der Waals surface area contributed by atoms with E-state index in [1.165, 1.54) is 20.6 Å². The van der Waals surface area contributed by atoms with Crippen LogP contribution in [0, 0.1) is 139 Å². The van der Waals surface area contributed by atoms with Gasteiger partial charge in [0.1, 0.15) is 60.9 Å². The first-order valence-corrected chi connectivity index (χ1v) is 29.4. The zero-order valence-electron chi connectivity index (χ0n) is 47.7. The third-order valence-corrected chi connectivity index (χ3v) is 24.3. The second-order valence-electron chi connectivity index (χ2n) is 28.6. The minimum Gasteiger partial charge on any atom is -0.469 e. The minimum atomic E-state index is -0.995. The monoisotopic (exact) mass is 1130 g/mol. The fourth-order valence-electron chi connectivity index (χ4n) is 19.5. The molecule has 12 aliphatic heterocycles. The van der Waals surface area contributed by atoms with Gasteiger partial charge >= 0.3 is 47.8 Å². The Balaban J connectivity index is 0.0000000917. The summed E-state index contributed by atoms with van der Waals surface area (Å²) in [5.41, 5.74) is -1.59. The third kappa shape index (κ3) is 7.15. The SMILES string of the molecule is CC1(C)C2CC3(C#N)C(=O)OC1C3O2.CC1(C)C2CC3C(=O)OC1C3C2.CC1(C)C2CC3C(=O)OC1C3O2.CC1C2CC3C1OC(=O)C3(C#N)C2.COC(=O)C1C2CC3C(OC(=O)C31)C2C.COC(=O)C1C2OC3C(OC(=O)C31)C2C. The second kappa shape index (κ2) is 18.1. The maximum atomic E-state index is 11.7. The Bertz CT molecular complexity index is 2750. The molecule has 0 aromatic rings. The van der Waals surface area contributed by atoms with Crippen LogP contribution in [-0.4, -0.2) is 135 Å². The van der Waals surface area contributed by atoms with Crippen LogP contribution in [0.15, 0.2) is 0 Å². The van der Waals surface area contributed by atoms with Crippen LogP contribution in [0.4, 0.5) is 0 Å². The summed E-state index contributed by atoms with van der Waals surface area (Å²) in [5, 5.41) is 18.1. The topological polar surface area (TPSA) is 286 Å². The van der Waals surface area contributed by atoms with Crippen LogP contribution in [0.3, 0.4) is 0 Å². The molecule has 12 saturated heterocycles. The normalized spacial score (nSPS) is 52.5. The molecule has 21 nitrogen and oxygen atoms in total. The van der Waals surface area contributed by atoms with Gasteiger partial charge in [0, 0.05) is 46.3 Å². The standard InChI is InChI=1S/C11H14O4.C10H11NO3.C10H11NO2.C10H12O5.C10H14O2.C9H12O3/c1-4-5-3-6-8(7(5)10(12)14-2)11(13)15-9(4)6;1-9(2)5-3-10(4-11)7(13-5)6(9)14-8(10)12;1-5-6-2-7-8(5)13-9(12)10(7,3-6)4-11;1-3-6-4(9(11)13-2)5-8(14-6)7(3)15-10(5)12;1-10(2)5-3-6-7(4-5)9(11)12-8(6)10;1-9(2)5-3-4-6(11-5)7(9)12-8(4)10/h4-9H,3H2,1-2H3;5-7H,3H2,1-2H3;5-8H,2-3H2,1H3;3-8H,1-2H3;5-8H,3-4H2,1-2H3;4-7H,3H2,1-2H3. The van der Waals surface area contributed by atoms with Gasteiger partial charge in [-0.15, -0.1) is 0 Å². The highest BCUT2D eigenvalue weighted by Gasteiger charge is 2.76. The molecule has 18 fully saturated rings. The average Bonchev–Trinajstić information content (AvgIpc) is 4.45. The average molecular weight is 1130 g/mol. The molecule has 0 spiro atoms. The Morgan fingerprint density at radius 2 is 1.11 bits per heavy atom. The number of fused-ring (bicyclic) bond motifs is 6. The lowest BCUT2D eigenvalue weighted by Gasteiger charge is -2.32. The van der Waals surface area contributed by atoms with Crippen molar-refractivity contribution >= 4 is 47.8 Å². The first kappa shape index (κ1) is 54.8. The Labute approximate surface area is 470 Å². The number of esters is 8. The number of carbonyl (C=O) groups is 8. The van der Waals surface area contributed by atoms with Crippen LogP contribution < -0.4 is 0 Å². The lowest BCUT2D eigenvalue weighted by molar-refractivity contribution is -0.153. The van der Waals surface area contributed by atoms with E-state index in [0.717, 1.165) is 38.0 Å². The van der Waals surface area contributed by atoms with E-state index in [4.69, 9.17) is 62.6 Å². The van der Waals surface area contributed by atoms with E-state index in [2.05, 4.69) is 53.7 Å². The zero-order valence-corrected chi connectivity index (χ0v) is 47.7. The van der Waals surface area contributed by atoms with Gasteiger partial charge in [-0.2, -0.15) is 10.5 Å². The Hall–Kier alpha value is -5.38. The van der Waals surface area contributed by atoms with E-state index < -0.39 is 22.7 Å². The highest BCUT2D eigenvalue weighted by molar-refractivity contribution is 5.88. The quantitative estimate of drug-likeness (QED) is 0.274. The number of methoxy groups -OCH3 is 2. The van der Waals surface area contributed by atoms with Crippen molar-refractivity contribution in [2.24, 2.45) is 116 Å². The fourth-order valence-corrected chi connectivity index (χ4v) is 19.5. The molecule has 12 bridgehead atoms. The van der Waals surface area contributed by atoms with Crippen LogP contribution in [0.5, 0.6) is 0 Å². The molecule has 6 saturated carbocycles. The van der Waals surface area contributed by atoms with Crippen molar-refractivity contribution in [3.63, 3.8) is 0 Å². The molecule has 12 heterocycles. The smallest absolute Gasteiger partial charge is 0.329 e. The number of hydrogen-bond donors (Lipinski definition) is 0. The molecule has 21 heteroatoms. The van der Waals surface area contributed by atoms with Gasteiger partial charge in [0.25, 0.3) is 0 Å². The number of carbonyl (C=O) groups excluding carboxylic acids is 8. The fraction of sp³-hybridized carbons (Fsp3) is 0.833. The van der Waals surface area contributed by atoms with Crippen molar-refractivity contribution < 1.29 is 90.5 Å². The zero-order chi connectivity index (χ0) is 57.8. The van der Waals surface area contributed by atoms with E-state index in [1.807, 2.05) is 20.8 Å². The van der Waals surface area contributed by atoms with E-state index in [1.54, 1.807) is 0 Å². The summed E-state index contributed by atoms with van der Waals surface area (Å²) in [7, 11) is 2.72. The van der Waals surface area contributed by atoms with Crippen LogP contribution in [0.25, 0.3) is 0 Å². The summed E-state index contributed by atoms with van der Waals surface area (Å²) in [6, 6.07) is 4.28. The largest absolute Gasteiger partial charge is 0.469 e. The molecule has 0 aromatic heterocycles. The molecule has 6 aliphatic carbocycles. The summed E-state index contributed by atoms with van der Waals surface area (Å²) in [5.74, 6) is 0.694.